The van der Waals surface area contributed by atoms with Gasteiger partial charge in [0.25, 0.3) is 0 Å². The third-order valence-electron chi connectivity index (χ3n) is 0. The minimum atomic E-state index is 0. The molecule has 0 heterocycles. The molecule has 0 aromatic rings. The molecule has 0 bridgehead atoms. The number of rotatable bonds is 0. The maximum Gasteiger partial charge on any atom is 0 e. The summed E-state index contributed by atoms with van der Waals surface area (Å²) in [6.07, 6.45) is 0. The average Bonchev–Trinajstić information content (AvgIpc) is 1.00. The number of hydrogen-bond acceptors (Lipinski definition) is 1. The maximum atomic E-state index is 8.38. The van der Waals surface area contributed by atoms with E-state index in [1.807, 2.05) is 0 Å². The van der Waals surface area contributed by atoms with E-state index in [0.29, 0.717) is 0 Å². The van der Waals surface area contributed by atoms with Crippen LogP contribution in [-0.2, 0) is 41.3 Å². The molecule has 0 amide bonds. The van der Waals surface area contributed by atoms with Gasteiger partial charge in [-0.1, -0.05) is 0 Å². The van der Waals surface area contributed by atoms with Gasteiger partial charge in [-0.3, -0.25) is 0 Å². The van der Waals surface area contributed by atoms with Crippen LogP contribution in [0, 0.1) is 0 Å². The summed E-state index contributed by atoms with van der Waals surface area (Å²) in [4.78, 5) is 0. The van der Waals surface area contributed by atoms with E-state index in [4.69, 9.17) is 3.57 Å². The number of hydrogen-bond donors (Lipinski definition) is 0. The van der Waals surface area contributed by atoms with Crippen LogP contribution in [0.5, 0.6) is 0 Å². The molecule has 0 aliphatic carbocycles. The molecule has 4 heteroatoms. The van der Waals surface area contributed by atoms with Crippen molar-refractivity contribution in [3.05, 3.63) is 0 Å². The first-order valence-electron chi connectivity index (χ1n) is 0.289. The van der Waals surface area contributed by atoms with Crippen LogP contribution in [0.3, 0.4) is 0 Å². The molecule has 16 valence electrons. The molecule has 0 atom stereocenters. The SMILES string of the molecule is [O]=[Zn].[SnH2].[Zn]. The Hall–Kier alpha value is 1.85. The monoisotopic (exact) mass is 266 g/mol. The predicted octanol–water partition coefficient (Wildman–Crippen LogP) is -1.04. The van der Waals surface area contributed by atoms with Gasteiger partial charge in [0, 0.05) is 19.5 Å². The van der Waals surface area contributed by atoms with E-state index in [1.54, 1.807) is 0 Å². The van der Waals surface area contributed by atoms with Gasteiger partial charge in [-0.25, -0.2) is 0 Å². The summed E-state index contributed by atoms with van der Waals surface area (Å²) in [5.41, 5.74) is 0. The predicted molar refractivity (Wildman–Crippen MR) is 9.23 cm³/mol. The standard InChI is InChI=1S/O.Sn.2Zn.2H. The normalized spacial score (nSPS) is 1.50. The van der Waals surface area contributed by atoms with E-state index in [2.05, 4.69) is 0 Å². The summed E-state index contributed by atoms with van der Waals surface area (Å²) in [6.45, 7) is 0. The molecule has 0 unspecified atom stereocenters. The van der Waals surface area contributed by atoms with E-state index >= 15 is 0 Å². The fourth-order valence-corrected chi connectivity index (χ4v) is 0. The molecule has 0 spiro atoms. The Morgan fingerprint density at radius 1 is 1.25 bits per heavy atom. The van der Waals surface area contributed by atoms with Crippen molar-refractivity contribution in [1.82, 2.24) is 0 Å². The Morgan fingerprint density at radius 3 is 1.25 bits per heavy atom. The van der Waals surface area contributed by atoms with E-state index < -0.39 is 0 Å². The maximum absolute atomic E-state index is 8.38. The second kappa shape index (κ2) is 21.0. The van der Waals surface area contributed by atoms with Crippen molar-refractivity contribution in [2.24, 2.45) is 0 Å². The molecular weight excluding hydrogens is 265 g/mol. The molecule has 0 N–H and O–H groups in total. The molecule has 0 aromatic carbocycles. The van der Waals surface area contributed by atoms with Crippen molar-refractivity contribution in [2.75, 3.05) is 0 Å². The van der Waals surface area contributed by atoms with Gasteiger partial charge in [-0.05, 0) is 0 Å². The van der Waals surface area contributed by atoms with Crippen molar-refractivity contribution in [2.45, 2.75) is 0 Å². The van der Waals surface area contributed by atoms with Gasteiger partial charge >= 0.3 is 45.7 Å². The molecule has 0 rings (SSSR count). The van der Waals surface area contributed by atoms with E-state index in [0.717, 1.165) is 0 Å². The fraction of sp³-hybridized carbons (Fsp3) is 0. The van der Waals surface area contributed by atoms with Crippen molar-refractivity contribution in [3.63, 3.8) is 0 Å². The largest absolute Gasteiger partial charge is 0 e. The Balaban J connectivity index is -0.00000000500. The molecule has 1 nitrogen and oxygen atoms in total. The minimum absolute atomic E-state index is 0. The van der Waals surface area contributed by atoms with Gasteiger partial charge in [0.1, 0.15) is 0 Å². The zero-order valence-electron chi connectivity index (χ0n) is 2.53. The van der Waals surface area contributed by atoms with Crippen LogP contribution in [0.25, 0.3) is 0 Å². The van der Waals surface area contributed by atoms with Crippen LogP contribution in [-0.4, -0.2) is 23.9 Å². The zero-order chi connectivity index (χ0) is 2.00. The third kappa shape index (κ3) is 9.14. The third-order valence-corrected chi connectivity index (χ3v) is 0. The van der Waals surface area contributed by atoms with Crippen LogP contribution in [0.15, 0.2) is 0 Å². The second-order valence-corrected chi connectivity index (χ2v) is 0. The molecule has 0 aromatic heterocycles. The summed E-state index contributed by atoms with van der Waals surface area (Å²) in [5, 5.41) is 0. The minimum Gasteiger partial charge on any atom is 0 e. The van der Waals surface area contributed by atoms with Crippen molar-refractivity contribution >= 4 is 23.9 Å². The van der Waals surface area contributed by atoms with Crippen LogP contribution in [0.2, 0.25) is 0 Å². The molecule has 4 heavy (non-hydrogen) atoms. The van der Waals surface area contributed by atoms with E-state index in [-0.39, 0.29) is 61.6 Å². The van der Waals surface area contributed by atoms with Crippen LogP contribution >= 0.6 is 0 Å². The summed E-state index contributed by atoms with van der Waals surface area (Å²) in [7, 11) is 0. The van der Waals surface area contributed by atoms with Crippen molar-refractivity contribution < 1.29 is 41.3 Å². The summed E-state index contributed by atoms with van der Waals surface area (Å²) >= 11 is 0.125. The smallest absolute Gasteiger partial charge is 0 e. The Bertz CT molecular complexity index is 6.00. The molecule has 2 radical (unpaired) electrons. The van der Waals surface area contributed by atoms with Gasteiger partial charge in [-0.15, -0.1) is 0 Å². The summed E-state index contributed by atoms with van der Waals surface area (Å²) < 4.78 is 8.38. The molecule has 0 saturated heterocycles. The van der Waals surface area contributed by atoms with Gasteiger partial charge < -0.3 is 0 Å². The molecule has 0 fully saturated rings. The van der Waals surface area contributed by atoms with Crippen LogP contribution in [0.1, 0.15) is 0 Å². The Morgan fingerprint density at radius 2 is 1.25 bits per heavy atom. The van der Waals surface area contributed by atoms with Gasteiger partial charge in [-0.2, -0.15) is 0 Å². The first-order valence-corrected chi connectivity index (χ1v) is 1.50. The van der Waals surface area contributed by atoms with Crippen LogP contribution < -0.4 is 0 Å². The molecule has 0 saturated carbocycles. The zero-order valence-corrected chi connectivity index (χ0v) is 12.5. The molecule has 0 aliphatic heterocycles. The first-order chi connectivity index (χ1) is 1.00. The van der Waals surface area contributed by atoms with Crippen molar-refractivity contribution in [3.8, 4) is 0 Å². The fourth-order valence-electron chi connectivity index (χ4n) is 0. The first kappa shape index (κ1) is 17.0. The van der Waals surface area contributed by atoms with Crippen molar-refractivity contribution in [1.29, 1.82) is 0 Å². The molecule has 0 aliphatic rings. The van der Waals surface area contributed by atoms with Gasteiger partial charge in [0.2, 0.25) is 0 Å². The van der Waals surface area contributed by atoms with Gasteiger partial charge in [0.15, 0.2) is 0 Å². The molecular formula is H2OSnZn2. The van der Waals surface area contributed by atoms with Gasteiger partial charge in [0.05, 0.1) is 0 Å². The average molecular weight is 268 g/mol. The van der Waals surface area contributed by atoms with Crippen LogP contribution in [0.4, 0.5) is 0 Å². The van der Waals surface area contributed by atoms with E-state index in [9.17, 15) is 0 Å². The Kier molecular flexibility index (Phi) is 89.2. The summed E-state index contributed by atoms with van der Waals surface area (Å²) in [6, 6.07) is 0. The summed E-state index contributed by atoms with van der Waals surface area (Å²) in [5.74, 6) is 0. The quantitative estimate of drug-likeness (QED) is 0.513. The van der Waals surface area contributed by atoms with E-state index in [1.165, 1.54) is 0 Å². The Labute approximate surface area is 64.6 Å². The topological polar surface area (TPSA) is 17.1 Å². The second-order valence-electron chi connectivity index (χ2n) is 0.